The lowest BCUT2D eigenvalue weighted by Crippen LogP contribution is -2.29. The van der Waals surface area contributed by atoms with E-state index in [2.05, 4.69) is 0 Å². The second-order valence-corrected chi connectivity index (χ2v) is 5.03. The molecule has 0 aliphatic rings. The number of methoxy groups -OCH3 is 1. The number of anilines is 1. The van der Waals surface area contributed by atoms with Gasteiger partial charge in [-0.3, -0.25) is 4.79 Å². The van der Waals surface area contributed by atoms with E-state index in [9.17, 15) is 4.79 Å². The zero-order chi connectivity index (χ0) is 15.2. The molecule has 2 rings (SSSR count). The summed E-state index contributed by atoms with van der Waals surface area (Å²) in [7, 11) is 1.55. The van der Waals surface area contributed by atoms with Crippen molar-refractivity contribution in [3.05, 3.63) is 59.1 Å². The van der Waals surface area contributed by atoms with Crippen molar-refractivity contribution in [1.82, 2.24) is 0 Å². The lowest BCUT2D eigenvalue weighted by Gasteiger charge is -2.22. The average Bonchev–Trinajstić information content (AvgIpc) is 2.53. The molecule has 0 aromatic heterocycles. The molecular weight excluding hydrogens is 286 g/mol. The van der Waals surface area contributed by atoms with Crippen molar-refractivity contribution in [1.29, 1.82) is 0 Å². The molecule has 0 amide bonds. The Morgan fingerprint density at radius 2 is 1.90 bits per heavy atom. The number of rotatable bonds is 6. The molecule has 0 fully saturated rings. The van der Waals surface area contributed by atoms with Crippen molar-refractivity contribution in [3.8, 4) is 5.75 Å². The highest BCUT2D eigenvalue weighted by atomic mass is 35.5. The summed E-state index contributed by atoms with van der Waals surface area (Å²) in [6.45, 7) is 3.12. The maximum atomic E-state index is 12.4. The Morgan fingerprint density at radius 1 is 1.19 bits per heavy atom. The summed E-state index contributed by atoms with van der Waals surface area (Å²) in [5.74, 6) is 0.605. The van der Waals surface area contributed by atoms with Crippen LogP contribution in [0.3, 0.4) is 0 Å². The number of carbonyl (C=O) groups excluding carboxylic acids is 1. The van der Waals surface area contributed by atoms with Crippen molar-refractivity contribution < 1.29 is 9.53 Å². The van der Waals surface area contributed by atoms with Crippen molar-refractivity contribution in [2.45, 2.75) is 6.92 Å². The Balaban J connectivity index is 2.15. The van der Waals surface area contributed by atoms with E-state index in [1.165, 1.54) is 0 Å². The van der Waals surface area contributed by atoms with Crippen LogP contribution in [0.15, 0.2) is 48.5 Å². The highest BCUT2D eigenvalue weighted by Gasteiger charge is 2.13. The van der Waals surface area contributed by atoms with Gasteiger partial charge >= 0.3 is 0 Å². The number of benzene rings is 2. The van der Waals surface area contributed by atoms with E-state index < -0.39 is 0 Å². The lowest BCUT2D eigenvalue weighted by atomic mass is 10.1. The van der Waals surface area contributed by atoms with Gasteiger partial charge in [-0.2, -0.15) is 0 Å². The van der Waals surface area contributed by atoms with Crippen molar-refractivity contribution in [2.24, 2.45) is 0 Å². The van der Waals surface area contributed by atoms with E-state index >= 15 is 0 Å². The molecule has 21 heavy (non-hydrogen) atoms. The van der Waals surface area contributed by atoms with Crippen LogP contribution in [0.2, 0.25) is 5.02 Å². The first-order valence-corrected chi connectivity index (χ1v) is 7.20. The largest absolute Gasteiger partial charge is 0.495 e. The number of ketones is 1. The smallest absolute Gasteiger partial charge is 0.182 e. The summed E-state index contributed by atoms with van der Waals surface area (Å²) < 4.78 is 5.10. The number of halogens is 1. The van der Waals surface area contributed by atoms with Crippen LogP contribution in [0, 0.1) is 0 Å². The summed E-state index contributed by atoms with van der Waals surface area (Å²) in [5, 5.41) is 0.450. The molecule has 2 aromatic rings. The van der Waals surface area contributed by atoms with E-state index in [4.69, 9.17) is 16.3 Å². The molecule has 0 unspecified atom stereocenters. The first kappa shape index (κ1) is 15.4. The second kappa shape index (κ2) is 7.14. The van der Waals surface area contributed by atoms with Gasteiger partial charge in [0, 0.05) is 17.8 Å². The number of para-hydroxylation sites is 1. The Hall–Kier alpha value is -2.00. The van der Waals surface area contributed by atoms with Crippen LogP contribution >= 0.6 is 11.6 Å². The average molecular weight is 304 g/mol. The van der Waals surface area contributed by atoms with Crippen LogP contribution in [-0.2, 0) is 0 Å². The van der Waals surface area contributed by atoms with Gasteiger partial charge in [0.15, 0.2) is 5.78 Å². The molecule has 0 N–H and O–H groups in total. The van der Waals surface area contributed by atoms with E-state index in [0.717, 1.165) is 12.2 Å². The van der Waals surface area contributed by atoms with Crippen molar-refractivity contribution in [2.75, 3.05) is 25.1 Å². The highest BCUT2D eigenvalue weighted by molar-refractivity contribution is 6.32. The third kappa shape index (κ3) is 3.76. The Labute approximate surface area is 130 Å². The number of hydrogen-bond acceptors (Lipinski definition) is 3. The van der Waals surface area contributed by atoms with E-state index in [0.29, 0.717) is 22.9 Å². The fraction of sp³-hybridized carbons (Fsp3) is 0.235. The quantitative estimate of drug-likeness (QED) is 0.754. The predicted octanol–water partition coefficient (Wildman–Crippen LogP) is 4.06. The van der Waals surface area contributed by atoms with Crippen LogP contribution in [0.5, 0.6) is 5.75 Å². The standard InChI is InChI=1S/C17H18ClNO2/c1-3-19(14-7-5-4-6-8-14)12-16(20)13-9-10-17(21-2)15(18)11-13/h4-11H,3,12H2,1-2H3. The maximum absolute atomic E-state index is 12.4. The molecule has 3 nitrogen and oxygen atoms in total. The monoisotopic (exact) mass is 303 g/mol. The molecule has 0 radical (unpaired) electrons. The zero-order valence-corrected chi connectivity index (χ0v) is 12.9. The van der Waals surface area contributed by atoms with Gasteiger partial charge in [-0.25, -0.2) is 0 Å². The fourth-order valence-electron chi connectivity index (χ4n) is 2.13. The molecule has 0 atom stereocenters. The zero-order valence-electron chi connectivity index (χ0n) is 12.2. The molecule has 0 aliphatic heterocycles. The van der Waals surface area contributed by atoms with Gasteiger partial charge in [0.2, 0.25) is 0 Å². The number of ether oxygens (including phenoxy) is 1. The molecule has 2 aromatic carbocycles. The molecule has 0 spiro atoms. The van der Waals surface area contributed by atoms with Gasteiger partial charge in [-0.1, -0.05) is 29.8 Å². The second-order valence-electron chi connectivity index (χ2n) is 4.62. The third-order valence-electron chi connectivity index (χ3n) is 3.31. The number of carbonyl (C=O) groups is 1. The fourth-order valence-corrected chi connectivity index (χ4v) is 2.39. The van der Waals surface area contributed by atoms with Crippen LogP contribution < -0.4 is 9.64 Å². The van der Waals surface area contributed by atoms with Gasteiger partial charge in [-0.05, 0) is 37.3 Å². The number of hydrogen-bond donors (Lipinski definition) is 0. The molecule has 0 saturated heterocycles. The minimum absolute atomic E-state index is 0.0326. The highest BCUT2D eigenvalue weighted by Crippen LogP contribution is 2.25. The van der Waals surface area contributed by atoms with E-state index in [1.54, 1.807) is 25.3 Å². The summed E-state index contributed by atoms with van der Waals surface area (Å²) in [6, 6.07) is 15.0. The van der Waals surface area contributed by atoms with Gasteiger partial charge < -0.3 is 9.64 Å². The Bertz CT molecular complexity index is 613. The first-order chi connectivity index (χ1) is 10.2. The summed E-state index contributed by atoms with van der Waals surface area (Å²) in [6.07, 6.45) is 0. The SMILES string of the molecule is CCN(CC(=O)c1ccc(OC)c(Cl)c1)c1ccccc1. The van der Waals surface area contributed by atoms with Gasteiger partial charge in [0.25, 0.3) is 0 Å². The van der Waals surface area contributed by atoms with E-state index in [-0.39, 0.29) is 5.78 Å². The molecule has 0 bridgehead atoms. The van der Waals surface area contributed by atoms with Crippen molar-refractivity contribution in [3.63, 3.8) is 0 Å². The maximum Gasteiger partial charge on any atom is 0.182 e. The first-order valence-electron chi connectivity index (χ1n) is 6.82. The Morgan fingerprint density at radius 3 is 2.48 bits per heavy atom. The molecule has 0 heterocycles. The van der Waals surface area contributed by atoms with Crippen LogP contribution in [0.4, 0.5) is 5.69 Å². The molecule has 4 heteroatoms. The molecule has 0 aliphatic carbocycles. The van der Waals surface area contributed by atoms with Gasteiger partial charge in [0.05, 0.1) is 18.7 Å². The van der Waals surface area contributed by atoms with E-state index in [1.807, 2.05) is 42.2 Å². The van der Waals surface area contributed by atoms with Crippen LogP contribution in [-0.4, -0.2) is 26.0 Å². The summed E-state index contributed by atoms with van der Waals surface area (Å²) >= 11 is 6.07. The van der Waals surface area contributed by atoms with Gasteiger partial charge in [-0.15, -0.1) is 0 Å². The topological polar surface area (TPSA) is 29.5 Å². The predicted molar refractivity (Wildman–Crippen MR) is 86.7 cm³/mol. The van der Waals surface area contributed by atoms with Gasteiger partial charge in [0.1, 0.15) is 5.75 Å². The van der Waals surface area contributed by atoms with Crippen LogP contribution in [0.1, 0.15) is 17.3 Å². The Kier molecular flexibility index (Phi) is 5.23. The molecule has 110 valence electrons. The summed E-state index contributed by atoms with van der Waals surface area (Å²) in [5.41, 5.74) is 1.63. The summed E-state index contributed by atoms with van der Waals surface area (Å²) in [4.78, 5) is 14.4. The molecule has 0 saturated carbocycles. The van der Waals surface area contributed by atoms with Crippen LogP contribution in [0.25, 0.3) is 0 Å². The lowest BCUT2D eigenvalue weighted by molar-refractivity contribution is 0.0999. The normalized spacial score (nSPS) is 10.2. The number of likely N-dealkylation sites (N-methyl/N-ethyl adjacent to an activating group) is 1. The molecular formula is C17H18ClNO2. The minimum Gasteiger partial charge on any atom is -0.495 e. The minimum atomic E-state index is 0.0326. The third-order valence-corrected chi connectivity index (χ3v) is 3.61. The number of Topliss-reactive ketones (excluding diaryl/α,β-unsaturated/α-hetero) is 1. The van der Waals surface area contributed by atoms with Crippen molar-refractivity contribution >= 4 is 23.1 Å². The number of nitrogens with zero attached hydrogens (tertiary/aromatic N) is 1.